The molecule has 0 aliphatic heterocycles. The highest BCUT2D eigenvalue weighted by Gasteiger charge is 2.15. The first-order valence-corrected chi connectivity index (χ1v) is 11.0. The van der Waals surface area contributed by atoms with Crippen molar-refractivity contribution in [3.8, 4) is 23.1 Å². The molecule has 7 heteroatoms. The molecule has 1 aliphatic carbocycles. The summed E-state index contributed by atoms with van der Waals surface area (Å²) >= 11 is 18.4. The molecule has 0 unspecified atom stereocenters. The van der Waals surface area contributed by atoms with Crippen molar-refractivity contribution in [2.45, 2.75) is 32.3 Å². The number of ether oxygens (including phenoxy) is 1. The zero-order valence-corrected chi connectivity index (χ0v) is 18.7. The molecule has 4 nitrogen and oxygen atoms in total. The Morgan fingerprint density at radius 2 is 1.87 bits per heavy atom. The normalized spacial score (nSPS) is 13.6. The Morgan fingerprint density at radius 1 is 1.06 bits per heavy atom. The molecule has 2 aromatic carbocycles. The van der Waals surface area contributed by atoms with Gasteiger partial charge in [0.15, 0.2) is 12.4 Å². The van der Waals surface area contributed by atoms with Gasteiger partial charge in [-0.3, -0.25) is 0 Å². The largest absolute Gasteiger partial charge is 0.454 e. The predicted molar refractivity (Wildman–Crippen MR) is 121 cm³/mol. The van der Waals surface area contributed by atoms with E-state index in [1.54, 1.807) is 42.5 Å². The molecule has 1 aliphatic rings. The first kappa shape index (κ1) is 21.8. The average molecular weight is 475 g/mol. The Morgan fingerprint density at radius 3 is 2.61 bits per heavy atom. The molecule has 3 aromatic rings. The molecule has 0 amide bonds. The third kappa shape index (κ3) is 5.43. The number of esters is 1. The van der Waals surface area contributed by atoms with Crippen LogP contribution in [0.4, 0.5) is 0 Å². The molecule has 0 spiro atoms. The van der Waals surface area contributed by atoms with Crippen molar-refractivity contribution in [3.63, 3.8) is 0 Å². The molecule has 31 heavy (non-hydrogen) atoms. The molecule has 0 saturated heterocycles. The van der Waals surface area contributed by atoms with Crippen LogP contribution in [0.3, 0.4) is 0 Å². The van der Waals surface area contributed by atoms with Gasteiger partial charge in [-0.05, 0) is 49.2 Å². The Bertz CT molecular complexity index is 1170. The zero-order chi connectivity index (χ0) is 21.8. The summed E-state index contributed by atoms with van der Waals surface area (Å²) in [6.45, 7) is -0.0715. The van der Waals surface area contributed by atoms with Crippen LogP contribution in [0.1, 0.15) is 47.4 Å². The lowest BCUT2D eigenvalue weighted by Gasteiger charge is -2.04. The van der Waals surface area contributed by atoms with Gasteiger partial charge in [-0.1, -0.05) is 64.6 Å². The van der Waals surface area contributed by atoms with Gasteiger partial charge >= 0.3 is 5.97 Å². The SMILES string of the molecule is O=C(OCc1cc(-c2ccc(Cl)cc2Cl)no1)c1ccc(C#CC2CCCC2)c(Cl)c1. The van der Waals surface area contributed by atoms with E-state index in [9.17, 15) is 4.79 Å². The van der Waals surface area contributed by atoms with Crippen LogP contribution in [-0.4, -0.2) is 11.1 Å². The number of aromatic nitrogens is 1. The second-order valence-electron chi connectivity index (χ2n) is 7.32. The highest BCUT2D eigenvalue weighted by Crippen LogP contribution is 2.30. The molecule has 1 saturated carbocycles. The zero-order valence-electron chi connectivity index (χ0n) is 16.5. The fourth-order valence-electron chi connectivity index (χ4n) is 3.42. The van der Waals surface area contributed by atoms with Crippen molar-refractivity contribution < 1.29 is 14.1 Å². The molecule has 0 atom stereocenters. The number of benzene rings is 2. The Labute approximate surface area is 195 Å². The van der Waals surface area contributed by atoms with E-state index >= 15 is 0 Å². The van der Waals surface area contributed by atoms with Gasteiger partial charge in [0.05, 0.1) is 15.6 Å². The van der Waals surface area contributed by atoms with Crippen LogP contribution in [0.2, 0.25) is 15.1 Å². The summed E-state index contributed by atoms with van der Waals surface area (Å²) in [6, 6.07) is 11.7. The van der Waals surface area contributed by atoms with Gasteiger partial charge < -0.3 is 9.26 Å². The van der Waals surface area contributed by atoms with E-state index in [-0.39, 0.29) is 6.61 Å². The van der Waals surface area contributed by atoms with Crippen molar-refractivity contribution in [1.82, 2.24) is 5.16 Å². The first-order valence-electron chi connectivity index (χ1n) is 9.89. The van der Waals surface area contributed by atoms with E-state index in [2.05, 4.69) is 17.0 Å². The van der Waals surface area contributed by atoms with Crippen LogP contribution < -0.4 is 0 Å². The molecule has 158 valence electrons. The molecule has 1 aromatic heterocycles. The quantitative estimate of drug-likeness (QED) is 0.296. The molecular weight excluding hydrogens is 457 g/mol. The minimum atomic E-state index is -0.514. The summed E-state index contributed by atoms with van der Waals surface area (Å²) in [4.78, 5) is 12.4. The van der Waals surface area contributed by atoms with Crippen LogP contribution in [0.5, 0.6) is 0 Å². The van der Waals surface area contributed by atoms with Crippen molar-refractivity contribution in [2.24, 2.45) is 5.92 Å². The summed E-state index contributed by atoms with van der Waals surface area (Å²) in [5, 5.41) is 5.39. The van der Waals surface area contributed by atoms with Gasteiger partial charge in [0, 0.05) is 28.1 Å². The van der Waals surface area contributed by atoms with Gasteiger partial charge in [-0.25, -0.2) is 4.79 Å². The van der Waals surface area contributed by atoms with E-state index in [0.717, 1.165) is 12.8 Å². The van der Waals surface area contributed by atoms with Crippen LogP contribution in [0, 0.1) is 17.8 Å². The van der Waals surface area contributed by atoms with Crippen molar-refractivity contribution in [3.05, 3.63) is 74.4 Å². The Hall–Kier alpha value is -2.45. The second-order valence-corrected chi connectivity index (χ2v) is 8.57. The third-order valence-electron chi connectivity index (χ3n) is 5.08. The lowest BCUT2D eigenvalue weighted by molar-refractivity contribution is 0.0437. The fraction of sp³-hybridized carbons (Fsp3) is 0.250. The Kier molecular flexibility index (Phi) is 6.87. The van der Waals surface area contributed by atoms with Gasteiger partial charge in [-0.2, -0.15) is 0 Å². The number of carbonyl (C=O) groups is 1. The van der Waals surface area contributed by atoms with E-state index in [1.807, 2.05) is 0 Å². The summed E-state index contributed by atoms with van der Waals surface area (Å²) in [5.74, 6) is 6.71. The van der Waals surface area contributed by atoms with E-state index in [0.29, 0.717) is 49.1 Å². The summed E-state index contributed by atoms with van der Waals surface area (Å²) < 4.78 is 10.6. The number of hydrogen-bond acceptors (Lipinski definition) is 4. The van der Waals surface area contributed by atoms with Crippen molar-refractivity contribution in [1.29, 1.82) is 0 Å². The molecular formula is C24H18Cl3NO3. The first-order chi connectivity index (χ1) is 15.0. The average Bonchev–Trinajstić information content (AvgIpc) is 3.43. The summed E-state index contributed by atoms with van der Waals surface area (Å²) in [7, 11) is 0. The van der Waals surface area contributed by atoms with Crippen LogP contribution in [0.25, 0.3) is 11.3 Å². The number of rotatable bonds is 4. The smallest absolute Gasteiger partial charge is 0.338 e. The number of nitrogens with zero attached hydrogens (tertiary/aromatic N) is 1. The topological polar surface area (TPSA) is 52.3 Å². The van der Waals surface area contributed by atoms with E-state index in [4.69, 9.17) is 44.1 Å². The minimum Gasteiger partial charge on any atom is -0.454 e. The molecule has 0 N–H and O–H groups in total. The predicted octanol–water partition coefficient (Wildman–Crippen LogP) is 7.20. The van der Waals surface area contributed by atoms with Crippen LogP contribution >= 0.6 is 34.8 Å². The summed E-state index contributed by atoms with van der Waals surface area (Å²) in [6.07, 6.45) is 4.75. The van der Waals surface area contributed by atoms with Gasteiger partial charge in [0.25, 0.3) is 0 Å². The molecule has 0 radical (unpaired) electrons. The molecule has 0 bridgehead atoms. The van der Waals surface area contributed by atoms with Crippen LogP contribution in [0.15, 0.2) is 47.0 Å². The maximum Gasteiger partial charge on any atom is 0.338 e. The monoisotopic (exact) mass is 473 g/mol. The number of carbonyl (C=O) groups excluding carboxylic acids is 1. The van der Waals surface area contributed by atoms with Crippen molar-refractivity contribution >= 4 is 40.8 Å². The van der Waals surface area contributed by atoms with E-state index < -0.39 is 5.97 Å². The number of halogens is 3. The van der Waals surface area contributed by atoms with E-state index in [1.165, 1.54) is 12.8 Å². The maximum absolute atomic E-state index is 12.4. The van der Waals surface area contributed by atoms with Gasteiger partial charge in [-0.15, -0.1) is 0 Å². The van der Waals surface area contributed by atoms with Gasteiger partial charge in [0.1, 0.15) is 5.69 Å². The molecule has 1 fully saturated rings. The number of hydrogen-bond donors (Lipinski definition) is 0. The standard InChI is InChI=1S/C24H18Cl3NO3/c25-18-9-10-20(22(27)12-18)23-13-19(31-28-23)14-30-24(29)17-8-7-16(21(26)11-17)6-5-15-3-1-2-4-15/h7-13,15H,1-4,14H2. The highest BCUT2D eigenvalue weighted by molar-refractivity contribution is 6.36. The maximum atomic E-state index is 12.4. The highest BCUT2D eigenvalue weighted by atomic mass is 35.5. The summed E-state index contributed by atoms with van der Waals surface area (Å²) in [5.41, 5.74) is 2.26. The molecule has 4 rings (SSSR count). The fourth-order valence-corrected chi connectivity index (χ4v) is 4.15. The lowest BCUT2D eigenvalue weighted by atomic mass is 10.1. The molecule has 1 heterocycles. The minimum absolute atomic E-state index is 0.0715. The Balaban J connectivity index is 1.39. The lowest BCUT2D eigenvalue weighted by Crippen LogP contribution is -2.05. The second kappa shape index (κ2) is 9.78. The van der Waals surface area contributed by atoms with Crippen LogP contribution in [-0.2, 0) is 11.3 Å². The van der Waals surface area contributed by atoms with Gasteiger partial charge in [0.2, 0.25) is 0 Å². The third-order valence-corrected chi connectivity index (χ3v) is 5.94. The van der Waals surface area contributed by atoms with Crippen molar-refractivity contribution in [2.75, 3.05) is 0 Å².